The number of halogens is 3. The zero-order chi connectivity index (χ0) is 14.1. The van der Waals surface area contributed by atoms with Crippen LogP contribution in [0.3, 0.4) is 0 Å². The monoisotopic (exact) mass is 413 g/mol. The maximum atomic E-state index is 6.23. The van der Waals surface area contributed by atoms with Gasteiger partial charge >= 0.3 is 0 Å². The second-order valence-corrected chi connectivity index (χ2v) is 7.43. The predicted octanol–water partition coefficient (Wildman–Crippen LogP) is 6.22. The highest BCUT2D eigenvalue weighted by Gasteiger charge is 2.30. The predicted molar refractivity (Wildman–Crippen MR) is 92.7 cm³/mol. The molecular weight excluding hydrogens is 401 g/mol. The van der Waals surface area contributed by atoms with E-state index in [1.54, 1.807) is 0 Å². The normalized spacial score (nSPS) is 21.4. The second-order valence-electron chi connectivity index (χ2n) is 5.19. The van der Waals surface area contributed by atoms with Gasteiger partial charge in [0.1, 0.15) is 0 Å². The Labute approximate surface area is 141 Å². The lowest BCUT2D eigenvalue weighted by molar-refractivity contribution is 0.374. The van der Waals surface area contributed by atoms with E-state index in [2.05, 4.69) is 61.4 Å². The second kappa shape index (κ2) is 6.08. The third-order valence-corrected chi connectivity index (χ3v) is 5.05. The minimum absolute atomic E-state index is 0.512. The Morgan fingerprint density at radius 2 is 1.75 bits per heavy atom. The Kier molecular flexibility index (Phi) is 4.39. The average molecular weight is 416 g/mol. The topological polar surface area (TPSA) is 12.0 Å². The van der Waals surface area contributed by atoms with Gasteiger partial charge < -0.3 is 5.32 Å². The van der Waals surface area contributed by atoms with Gasteiger partial charge in [-0.25, -0.2) is 0 Å². The molecule has 20 heavy (non-hydrogen) atoms. The summed E-state index contributed by atoms with van der Waals surface area (Å²) in [7, 11) is 0. The standard InChI is InChI=1S/C16H14Br2ClN/c17-12-3-1-2-10(6-12)11-7-14(8-11)20-16-5-4-13(18)9-15(16)19/h1-6,9,11,14,20H,7-8H2. The summed E-state index contributed by atoms with van der Waals surface area (Å²) in [4.78, 5) is 0. The summed E-state index contributed by atoms with van der Waals surface area (Å²) >= 11 is 13.2. The molecule has 0 unspecified atom stereocenters. The first-order valence-electron chi connectivity index (χ1n) is 6.59. The van der Waals surface area contributed by atoms with Crippen LogP contribution in [0.1, 0.15) is 24.3 Å². The molecule has 1 aliphatic rings. The highest BCUT2D eigenvalue weighted by molar-refractivity contribution is 9.10. The average Bonchev–Trinajstić information content (AvgIpc) is 2.35. The molecule has 4 heteroatoms. The van der Waals surface area contributed by atoms with Crippen molar-refractivity contribution in [3.05, 3.63) is 62.0 Å². The van der Waals surface area contributed by atoms with Crippen molar-refractivity contribution in [1.82, 2.24) is 0 Å². The highest BCUT2D eigenvalue weighted by atomic mass is 79.9. The van der Waals surface area contributed by atoms with Crippen LogP contribution in [0.15, 0.2) is 51.4 Å². The van der Waals surface area contributed by atoms with Gasteiger partial charge in [0.05, 0.1) is 10.7 Å². The van der Waals surface area contributed by atoms with E-state index < -0.39 is 0 Å². The highest BCUT2D eigenvalue weighted by Crippen LogP contribution is 2.40. The van der Waals surface area contributed by atoms with Gasteiger partial charge in [0.15, 0.2) is 0 Å². The third kappa shape index (κ3) is 3.21. The van der Waals surface area contributed by atoms with E-state index in [1.165, 1.54) is 5.56 Å². The van der Waals surface area contributed by atoms with Crippen molar-refractivity contribution in [2.45, 2.75) is 24.8 Å². The van der Waals surface area contributed by atoms with Crippen LogP contribution in [0.5, 0.6) is 0 Å². The Bertz CT molecular complexity index is 624. The summed E-state index contributed by atoms with van der Waals surface area (Å²) in [6, 6.07) is 15.1. The summed E-state index contributed by atoms with van der Waals surface area (Å²) < 4.78 is 2.16. The first kappa shape index (κ1) is 14.4. The molecule has 104 valence electrons. The van der Waals surface area contributed by atoms with Crippen LogP contribution in [0, 0.1) is 0 Å². The van der Waals surface area contributed by atoms with E-state index in [9.17, 15) is 0 Å². The fourth-order valence-corrected chi connectivity index (χ4v) is 3.74. The molecule has 2 aromatic rings. The molecule has 0 aliphatic heterocycles. The lowest BCUT2D eigenvalue weighted by Gasteiger charge is -2.37. The Morgan fingerprint density at radius 1 is 1.00 bits per heavy atom. The van der Waals surface area contributed by atoms with Crippen molar-refractivity contribution in [1.29, 1.82) is 0 Å². The van der Waals surface area contributed by atoms with Crippen LogP contribution in [-0.4, -0.2) is 6.04 Å². The first-order valence-corrected chi connectivity index (χ1v) is 8.55. The molecule has 0 saturated heterocycles. The molecule has 1 aliphatic carbocycles. The number of anilines is 1. The van der Waals surface area contributed by atoms with Gasteiger partial charge in [-0.2, -0.15) is 0 Å². The smallest absolute Gasteiger partial charge is 0.0648 e. The lowest BCUT2D eigenvalue weighted by Crippen LogP contribution is -2.34. The van der Waals surface area contributed by atoms with Crippen LogP contribution in [-0.2, 0) is 0 Å². The summed E-state index contributed by atoms with van der Waals surface area (Å²) in [5, 5.41) is 4.29. The molecule has 0 atom stereocenters. The molecule has 2 aromatic carbocycles. The first-order chi connectivity index (χ1) is 9.61. The lowest BCUT2D eigenvalue weighted by atomic mass is 9.76. The van der Waals surface area contributed by atoms with Crippen molar-refractivity contribution in [3.63, 3.8) is 0 Å². The van der Waals surface area contributed by atoms with Crippen molar-refractivity contribution in [2.24, 2.45) is 0 Å². The summed E-state index contributed by atoms with van der Waals surface area (Å²) in [6.07, 6.45) is 2.31. The Hall–Kier alpha value is -0.510. The van der Waals surface area contributed by atoms with E-state index in [0.717, 1.165) is 32.5 Å². The zero-order valence-electron chi connectivity index (χ0n) is 10.7. The fraction of sp³-hybridized carbons (Fsp3) is 0.250. The van der Waals surface area contributed by atoms with E-state index >= 15 is 0 Å². The van der Waals surface area contributed by atoms with Crippen molar-refractivity contribution >= 4 is 49.1 Å². The molecule has 1 N–H and O–H groups in total. The molecule has 0 aromatic heterocycles. The van der Waals surface area contributed by atoms with Gasteiger partial charge in [-0.05, 0) is 54.7 Å². The minimum atomic E-state index is 0.512. The van der Waals surface area contributed by atoms with Crippen molar-refractivity contribution in [2.75, 3.05) is 5.32 Å². The van der Waals surface area contributed by atoms with Crippen molar-refractivity contribution < 1.29 is 0 Å². The van der Waals surface area contributed by atoms with Gasteiger partial charge in [-0.15, -0.1) is 0 Å². The summed E-state index contributed by atoms with van der Waals surface area (Å²) in [5.74, 6) is 0.652. The van der Waals surface area contributed by atoms with Gasteiger partial charge in [-0.1, -0.05) is 55.6 Å². The summed E-state index contributed by atoms with van der Waals surface area (Å²) in [5.41, 5.74) is 2.44. The zero-order valence-corrected chi connectivity index (χ0v) is 14.7. The molecule has 1 saturated carbocycles. The van der Waals surface area contributed by atoms with Crippen LogP contribution < -0.4 is 5.32 Å². The number of benzene rings is 2. The van der Waals surface area contributed by atoms with E-state index in [0.29, 0.717) is 12.0 Å². The number of rotatable bonds is 3. The SMILES string of the molecule is Clc1cc(Br)ccc1NC1CC(c2cccc(Br)c2)C1. The minimum Gasteiger partial charge on any atom is -0.381 e. The van der Waals surface area contributed by atoms with E-state index in [-0.39, 0.29) is 0 Å². The van der Waals surface area contributed by atoms with Gasteiger partial charge in [-0.3, -0.25) is 0 Å². The van der Waals surface area contributed by atoms with Crippen LogP contribution in [0.4, 0.5) is 5.69 Å². The maximum absolute atomic E-state index is 6.23. The Balaban J connectivity index is 1.61. The molecule has 0 radical (unpaired) electrons. The number of hydrogen-bond acceptors (Lipinski definition) is 1. The van der Waals surface area contributed by atoms with E-state index in [4.69, 9.17) is 11.6 Å². The van der Waals surface area contributed by atoms with Crippen LogP contribution >= 0.6 is 43.5 Å². The molecule has 1 nitrogen and oxygen atoms in total. The number of nitrogens with one attached hydrogen (secondary N) is 1. The largest absolute Gasteiger partial charge is 0.381 e. The van der Waals surface area contributed by atoms with Gasteiger partial charge in [0.2, 0.25) is 0 Å². The van der Waals surface area contributed by atoms with Crippen LogP contribution in [0.2, 0.25) is 5.02 Å². The molecule has 1 fully saturated rings. The van der Waals surface area contributed by atoms with E-state index in [1.807, 2.05) is 18.2 Å². The van der Waals surface area contributed by atoms with Crippen LogP contribution in [0.25, 0.3) is 0 Å². The Morgan fingerprint density at radius 3 is 2.45 bits per heavy atom. The third-order valence-electron chi connectivity index (χ3n) is 3.75. The van der Waals surface area contributed by atoms with Gasteiger partial charge in [0.25, 0.3) is 0 Å². The van der Waals surface area contributed by atoms with Crippen molar-refractivity contribution in [3.8, 4) is 0 Å². The fourth-order valence-electron chi connectivity index (χ4n) is 2.59. The quantitative estimate of drug-likeness (QED) is 0.627. The molecular formula is C16H14Br2ClN. The molecule has 0 heterocycles. The number of hydrogen-bond donors (Lipinski definition) is 1. The molecule has 0 spiro atoms. The molecule has 0 amide bonds. The van der Waals surface area contributed by atoms with Gasteiger partial charge in [0, 0.05) is 15.0 Å². The summed E-state index contributed by atoms with van der Waals surface area (Å²) in [6.45, 7) is 0. The molecule has 0 bridgehead atoms. The molecule has 3 rings (SSSR count). The maximum Gasteiger partial charge on any atom is 0.0648 e.